The van der Waals surface area contributed by atoms with Crippen molar-refractivity contribution in [2.45, 2.75) is 12.8 Å². The summed E-state index contributed by atoms with van der Waals surface area (Å²) in [4.78, 5) is 27.3. The van der Waals surface area contributed by atoms with Crippen LogP contribution in [0.3, 0.4) is 0 Å². The molecular weight excluding hydrogens is 260 g/mol. The number of hydrogen-bond acceptors (Lipinski definition) is 4. The molecule has 0 radical (unpaired) electrons. The maximum Gasteiger partial charge on any atom is 0.265 e. The van der Waals surface area contributed by atoms with E-state index in [-0.39, 0.29) is 30.7 Å². The van der Waals surface area contributed by atoms with Crippen molar-refractivity contribution in [3.63, 3.8) is 0 Å². The second-order valence-corrected chi connectivity index (χ2v) is 5.01. The monoisotopic (exact) mass is 276 g/mol. The number of phenols is 1. The maximum absolute atomic E-state index is 12.2. The minimum atomic E-state index is -0.268. The molecule has 0 bridgehead atoms. The van der Waals surface area contributed by atoms with Crippen molar-refractivity contribution in [3.05, 3.63) is 18.2 Å². The fourth-order valence-electron chi connectivity index (χ4n) is 2.57. The van der Waals surface area contributed by atoms with Crippen LogP contribution in [0.15, 0.2) is 18.2 Å². The summed E-state index contributed by atoms with van der Waals surface area (Å²) in [6.45, 7) is 1.43. The Balaban J connectivity index is 1.83. The maximum atomic E-state index is 12.2. The van der Waals surface area contributed by atoms with E-state index < -0.39 is 0 Å². The van der Waals surface area contributed by atoms with Gasteiger partial charge in [-0.3, -0.25) is 14.5 Å². The number of carbonyl (C=O) groups is 2. The van der Waals surface area contributed by atoms with Crippen LogP contribution in [0.25, 0.3) is 0 Å². The smallest absolute Gasteiger partial charge is 0.265 e. The van der Waals surface area contributed by atoms with E-state index in [4.69, 9.17) is 4.74 Å². The van der Waals surface area contributed by atoms with E-state index in [2.05, 4.69) is 0 Å². The highest BCUT2D eigenvalue weighted by Gasteiger charge is 2.29. The Bertz CT molecular complexity index is 552. The van der Waals surface area contributed by atoms with E-state index in [1.807, 2.05) is 0 Å². The normalized spacial score (nSPS) is 17.9. The first-order valence-corrected chi connectivity index (χ1v) is 6.69. The quantitative estimate of drug-likeness (QED) is 0.865. The lowest BCUT2D eigenvalue weighted by molar-refractivity contribution is -0.131. The number of hydrogen-bond donors (Lipinski definition) is 1. The first-order chi connectivity index (χ1) is 9.65. The van der Waals surface area contributed by atoms with Crippen LogP contribution >= 0.6 is 0 Å². The molecule has 2 heterocycles. The van der Waals surface area contributed by atoms with Crippen LogP contribution in [0, 0.1) is 0 Å². The summed E-state index contributed by atoms with van der Waals surface area (Å²) in [5, 5.41) is 9.55. The summed E-state index contributed by atoms with van der Waals surface area (Å²) in [6.07, 6.45) is 2.03. The van der Waals surface area contributed by atoms with Crippen LogP contribution in [0.5, 0.6) is 11.5 Å². The number of phenolic OH excluding ortho intramolecular Hbond substituents is 1. The van der Waals surface area contributed by atoms with Gasteiger partial charge in [-0.1, -0.05) is 0 Å². The van der Waals surface area contributed by atoms with Gasteiger partial charge in [0.15, 0.2) is 6.61 Å². The molecule has 6 heteroatoms. The van der Waals surface area contributed by atoms with Crippen molar-refractivity contribution in [2.75, 3.05) is 31.1 Å². The lowest BCUT2D eigenvalue weighted by atomic mass is 10.2. The van der Waals surface area contributed by atoms with Crippen LogP contribution in [0.2, 0.25) is 0 Å². The number of amides is 2. The molecule has 0 unspecified atom stereocenters. The fraction of sp³-hybridized carbons (Fsp3) is 0.429. The average Bonchev–Trinajstić information content (AvgIpc) is 2.96. The van der Waals surface area contributed by atoms with Gasteiger partial charge in [-0.25, -0.2) is 0 Å². The Kier molecular flexibility index (Phi) is 3.22. The molecule has 1 aromatic carbocycles. The Hall–Kier alpha value is -2.24. The Morgan fingerprint density at radius 1 is 1.30 bits per heavy atom. The molecule has 2 aliphatic rings. The Morgan fingerprint density at radius 2 is 2.05 bits per heavy atom. The lowest BCUT2D eigenvalue weighted by Gasteiger charge is -2.30. The number of carbonyl (C=O) groups excluding carboxylic acids is 2. The van der Waals surface area contributed by atoms with Crippen LogP contribution in [0.1, 0.15) is 12.8 Å². The van der Waals surface area contributed by atoms with Gasteiger partial charge in [-0.2, -0.15) is 0 Å². The van der Waals surface area contributed by atoms with Gasteiger partial charge in [0.1, 0.15) is 18.0 Å². The molecule has 3 rings (SSSR count). The van der Waals surface area contributed by atoms with Gasteiger partial charge < -0.3 is 14.7 Å². The number of aromatic hydroxyl groups is 1. The van der Waals surface area contributed by atoms with Crippen molar-refractivity contribution in [1.29, 1.82) is 0 Å². The van der Waals surface area contributed by atoms with Gasteiger partial charge in [0, 0.05) is 19.2 Å². The van der Waals surface area contributed by atoms with Crippen LogP contribution in [0.4, 0.5) is 5.69 Å². The van der Waals surface area contributed by atoms with Crippen LogP contribution < -0.4 is 9.64 Å². The molecule has 1 saturated heterocycles. The molecule has 6 nitrogen and oxygen atoms in total. The van der Waals surface area contributed by atoms with E-state index in [1.54, 1.807) is 11.0 Å². The summed E-state index contributed by atoms with van der Waals surface area (Å²) in [5.74, 6) is 0.222. The molecule has 1 fully saturated rings. The molecule has 0 atom stereocenters. The van der Waals surface area contributed by atoms with Crippen molar-refractivity contribution in [3.8, 4) is 11.5 Å². The Labute approximate surface area is 116 Å². The second-order valence-electron chi connectivity index (χ2n) is 5.01. The molecule has 106 valence electrons. The first kappa shape index (κ1) is 12.8. The molecule has 0 saturated carbocycles. The highest BCUT2D eigenvalue weighted by Crippen LogP contribution is 2.34. The molecular formula is C14H16N2O4. The predicted molar refractivity (Wildman–Crippen MR) is 71.8 cm³/mol. The molecule has 1 aromatic rings. The first-order valence-electron chi connectivity index (χ1n) is 6.69. The van der Waals surface area contributed by atoms with Gasteiger partial charge in [-0.15, -0.1) is 0 Å². The van der Waals surface area contributed by atoms with E-state index in [9.17, 15) is 14.7 Å². The summed E-state index contributed by atoms with van der Waals surface area (Å²) in [6, 6.07) is 4.54. The van der Waals surface area contributed by atoms with Gasteiger partial charge >= 0.3 is 0 Å². The second kappa shape index (κ2) is 5.03. The van der Waals surface area contributed by atoms with Gasteiger partial charge in [0.05, 0.1) is 5.69 Å². The van der Waals surface area contributed by atoms with Crippen molar-refractivity contribution < 1.29 is 19.4 Å². The van der Waals surface area contributed by atoms with Crippen LogP contribution in [-0.4, -0.2) is 48.1 Å². The lowest BCUT2D eigenvalue weighted by Crippen LogP contribution is -2.45. The van der Waals surface area contributed by atoms with Gasteiger partial charge in [-0.05, 0) is 25.0 Å². The van der Waals surface area contributed by atoms with Crippen molar-refractivity contribution in [2.24, 2.45) is 0 Å². The SMILES string of the molecule is O=C(CN1C(=O)COc2ccc(O)cc21)N1CCCC1. The molecule has 0 aliphatic carbocycles. The van der Waals surface area contributed by atoms with E-state index >= 15 is 0 Å². The summed E-state index contributed by atoms with van der Waals surface area (Å²) in [7, 11) is 0. The number of rotatable bonds is 2. The molecule has 1 N–H and O–H groups in total. The number of likely N-dealkylation sites (tertiary alicyclic amines) is 1. The summed E-state index contributed by atoms with van der Waals surface area (Å²) in [5.41, 5.74) is 0.453. The average molecular weight is 276 g/mol. The molecule has 2 amide bonds. The molecule has 0 aromatic heterocycles. The zero-order valence-electron chi connectivity index (χ0n) is 11.0. The molecule has 2 aliphatic heterocycles. The third kappa shape index (κ3) is 2.29. The van der Waals surface area contributed by atoms with Crippen molar-refractivity contribution in [1.82, 2.24) is 4.90 Å². The third-order valence-corrected chi connectivity index (χ3v) is 3.64. The highest BCUT2D eigenvalue weighted by molar-refractivity contribution is 6.02. The number of benzene rings is 1. The zero-order valence-corrected chi connectivity index (χ0v) is 11.0. The number of anilines is 1. The minimum absolute atomic E-state index is 0.00134. The number of ether oxygens (including phenoxy) is 1. The summed E-state index contributed by atoms with van der Waals surface area (Å²) >= 11 is 0. The summed E-state index contributed by atoms with van der Waals surface area (Å²) < 4.78 is 5.30. The zero-order chi connectivity index (χ0) is 14.1. The Morgan fingerprint density at radius 3 is 2.80 bits per heavy atom. The fourth-order valence-corrected chi connectivity index (χ4v) is 2.57. The van der Waals surface area contributed by atoms with Crippen LogP contribution in [-0.2, 0) is 9.59 Å². The largest absolute Gasteiger partial charge is 0.508 e. The predicted octanol–water partition coefficient (Wildman–Crippen LogP) is 0.740. The van der Waals surface area contributed by atoms with Crippen molar-refractivity contribution >= 4 is 17.5 Å². The topological polar surface area (TPSA) is 70.1 Å². The minimum Gasteiger partial charge on any atom is -0.508 e. The van der Waals surface area contributed by atoms with Gasteiger partial charge in [0.2, 0.25) is 5.91 Å². The number of nitrogens with zero attached hydrogens (tertiary/aromatic N) is 2. The highest BCUT2D eigenvalue weighted by atomic mass is 16.5. The number of fused-ring (bicyclic) bond motifs is 1. The van der Waals surface area contributed by atoms with Gasteiger partial charge in [0.25, 0.3) is 5.91 Å². The molecule has 20 heavy (non-hydrogen) atoms. The van der Waals surface area contributed by atoms with E-state index in [0.717, 1.165) is 25.9 Å². The van der Waals surface area contributed by atoms with E-state index in [0.29, 0.717) is 11.4 Å². The van der Waals surface area contributed by atoms with E-state index in [1.165, 1.54) is 17.0 Å². The third-order valence-electron chi connectivity index (χ3n) is 3.64. The standard InChI is InChI=1S/C14H16N2O4/c17-10-3-4-12-11(7-10)16(14(19)9-20-12)8-13(18)15-5-1-2-6-15/h3-4,7,17H,1-2,5-6,8-9H2. The molecule has 0 spiro atoms.